The molecule has 0 amide bonds. The van der Waals surface area contributed by atoms with Gasteiger partial charge in [-0.3, -0.25) is 4.90 Å². The zero-order valence-corrected chi connectivity index (χ0v) is 12.1. The van der Waals surface area contributed by atoms with Crippen LogP contribution in [0.2, 0.25) is 0 Å². The zero-order chi connectivity index (χ0) is 12.8. The van der Waals surface area contributed by atoms with Crippen LogP contribution in [-0.2, 0) is 0 Å². The molecule has 0 radical (unpaired) electrons. The van der Waals surface area contributed by atoms with Gasteiger partial charge in [0.15, 0.2) is 0 Å². The van der Waals surface area contributed by atoms with Crippen LogP contribution in [0.4, 0.5) is 0 Å². The van der Waals surface area contributed by atoms with Crippen LogP contribution in [-0.4, -0.2) is 29.8 Å². The Bertz CT molecular complexity index is 125. The molecule has 0 heterocycles. The molecule has 0 spiro atoms. The van der Waals surface area contributed by atoms with Gasteiger partial charge in [-0.1, -0.05) is 65.2 Å². The topological polar surface area (TPSA) is 23.5 Å². The van der Waals surface area contributed by atoms with Gasteiger partial charge in [0.25, 0.3) is 0 Å². The van der Waals surface area contributed by atoms with Gasteiger partial charge in [0, 0.05) is 13.1 Å². The van der Waals surface area contributed by atoms with Crippen LogP contribution in [0.15, 0.2) is 0 Å². The summed E-state index contributed by atoms with van der Waals surface area (Å²) in [6, 6.07) is 0. The van der Waals surface area contributed by atoms with Crippen LogP contribution in [0.3, 0.4) is 0 Å². The molecule has 17 heavy (non-hydrogen) atoms. The molecule has 0 aliphatic heterocycles. The van der Waals surface area contributed by atoms with Gasteiger partial charge in [-0.2, -0.15) is 0 Å². The van der Waals surface area contributed by atoms with E-state index in [4.69, 9.17) is 0 Å². The van der Waals surface area contributed by atoms with Gasteiger partial charge < -0.3 is 5.11 Å². The number of hydrogen-bond acceptors (Lipinski definition) is 2. The Morgan fingerprint density at radius 3 is 1.41 bits per heavy atom. The molecular formula is C15H33NO. The lowest BCUT2D eigenvalue weighted by Gasteiger charge is -2.19. The molecule has 0 saturated carbocycles. The third-order valence-corrected chi connectivity index (χ3v) is 3.36. The maximum absolute atomic E-state index is 9.26. The fraction of sp³-hybridized carbons (Fsp3) is 1.00. The Labute approximate surface area is 108 Å². The summed E-state index contributed by atoms with van der Waals surface area (Å²) in [5.41, 5.74) is 0. The lowest BCUT2D eigenvalue weighted by atomic mass is 10.1. The monoisotopic (exact) mass is 243 g/mol. The van der Waals surface area contributed by atoms with Crippen molar-refractivity contribution >= 4 is 0 Å². The minimum absolute atomic E-state index is 0.238. The van der Waals surface area contributed by atoms with Crippen LogP contribution >= 0.6 is 0 Å². The maximum atomic E-state index is 9.26. The predicted molar refractivity (Wildman–Crippen MR) is 76.2 cm³/mol. The summed E-state index contributed by atoms with van der Waals surface area (Å²) in [5, 5.41) is 9.26. The van der Waals surface area contributed by atoms with Crippen molar-refractivity contribution < 1.29 is 5.11 Å². The molecule has 0 aromatic heterocycles. The Balaban J connectivity index is 3.30. The maximum Gasteiger partial charge on any atom is 0.0956 e. The van der Waals surface area contributed by atoms with Crippen molar-refractivity contribution in [2.75, 3.05) is 19.8 Å². The van der Waals surface area contributed by atoms with E-state index in [1.807, 2.05) is 0 Å². The average Bonchev–Trinajstić information content (AvgIpc) is 2.36. The molecule has 104 valence electrons. The van der Waals surface area contributed by atoms with Crippen LogP contribution in [0.1, 0.15) is 78.1 Å². The summed E-state index contributed by atoms with van der Waals surface area (Å²) < 4.78 is 0. The largest absolute Gasteiger partial charge is 0.381 e. The second-order valence-corrected chi connectivity index (χ2v) is 5.09. The van der Waals surface area contributed by atoms with Gasteiger partial charge in [0.05, 0.1) is 6.73 Å². The molecule has 1 N–H and O–H groups in total. The minimum Gasteiger partial charge on any atom is -0.381 e. The van der Waals surface area contributed by atoms with E-state index in [0.29, 0.717) is 0 Å². The first-order valence-electron chi connectivity index (χ1n) is 7.68. The summed E-state index contributed by atoms with van der Waals surface area (Å²) in [6.07, 6.45) is 13.2. The Morgan fingerprint density at radius 2 is 1.06 bits per heavy atom. The molecule has 0 bridgehead atoms. The van der Waals surface area contributed by atoms with E-state index in [2.05, 4.69) is 18.7 Å². The van der Waals surface area contributed by atoms with Crippen LogP contribution in [0, 0.1) is 0 Å². The Kier molecular flexibility index (Phi) is 13.9. The van der Waals surface area contributed by atoms with E-state index >= 15 is 0 Å². The summed E-state index contributed by atoms with van der Waals surface area (Å²) in [6.45, 7) is 6.89. The number of aliphatic hydroxyl groups excluding tert-OH is 1. The van der Waals surface area contributed by atoms with Crippen molar-refractivity contribution in [3.8, 4) is 0 Å². The Morgan fingerprint density at radius 1 is 0.647 bits per heavy atom. The molecule has 0 aliphatic carbocycles. The highest BCUT2D eigenvalue weighted by molar-refractivity contribution is 4.55. The second kappa shape index (κ2) is 14.0. The molecule has 2 nitrogen and oxygen atoms in total. The third kappa shape index (κ3) is 12.2. The van der Waals surface area contributed by atoms with Gasteiger partial charge >= 0.3 is 0 Å². The minimum atomic E-state index is 0.238. The first kappa shape index (κ1) is 16.9. The highest BCUT2D eigenvalue weighted by Gasteiger charge is 2.02. The quantitative estimate of drug-likeness (QED) is 0.387. The molecule has 0 aromatic carbocycles. The number of rotatable bonds is 13. The van der Waals surface area contributed by atoms with Crippen molar-refractivity contribution in [2.45, 2.75) is 78.1 Å². The van der Waals surface area contributed by atoms with Gasteiger partial charge in [-0.05, 0) is 12.8 Å². The average molecular weight is 243 g/mol. The molecule has 2 heteroatoms. The zero-order valence-electron chi connectivity index (χ0n) is 12.1. The summed E-state index contributed by atoms with van der Waals surface area (Å²) in [5.74, 6) is 0. The summed E-state index contributed by atoms with van der Waals surface area (Å²) >= 11 is 0. The van der Waals surface area contributed by atoms with Crippen molar-refractivity contribution in [1.29, 1.82) is 0 Å². The van der Waals surface area contributed by atoms with E-state index in [9.17, 15) is 5.11 Å². The van der Waals surface area contributed by atoms with E-state index in [1.54, 1.807) is 0 Å². The van der Waals surface area contributed by atoms with Gasteiger partial charge in [-0.15, -0.1) is 0 Å². The molecule has 0 aromatic rings. The van der Waals surface area contributed by atoms with Crippen molar-refractivity contribution in [1.82, 2.24) is 4.90 Å². The summed E-state index contributed by atoms with van der Waals surface area (Å²) in [7, 11) is 0. The molecule has 0 atom stereocenters. The number of hydrogen-bond donors (Lipinski definition) is 1. The van der Waals surface area contributed by atoms with Crippen molar-refractivity contribution in [3.05, 3.63) is 0 Å². The van der Waals surface area contributed by atoms with Crippen LogP contribution in [0.25, 0.3) is 0 Å². The molecule has 0 rings (SSSR count). The number of aliphatic hydroxyl groups is 1. The van der Waals surface area contributed by atoms with Gasteiger partial charge in [0.2, 0.25) is 0 Å². The predicted octanol–water partition coefficient (Wildman–Crippen LogP) is 4.18. The normalized spacial score (nSPS) is 11.3. The smallest absolute Gasteiger partial charge is 0.0956 e. The van der Waals surface area contributed by atoms with E-state index in [0.717, 1.165) is 13.1 Å². The number of unbranched alkanes of at least 4 members (excludes halogenated alkanes) is 8. The number of nitrogens with zero attached hydrogens (tertiary/aromatic N) is 1. The summed E-state index contributed by atoms with van der Waals surface area (Å²) in [4.78, 5) is 2.19. The molecule has 0 fully saturated rings. The van der Waals surface area contributed by atoms with Crippen molar-refractivity contribution in [2.24, 2.45) is 0 Å². The highest BCUT2D eigenvalue weighted by Crippen LogP contribution is 2.06. The van der Waals surface area contributed by atoms with Gasteiger partial charge in [-0.25, -0.2) is 0 Å². The lowest BCUT2D eigenvalue weighted by Crippen LogP contribution is -2.27. The van der Waals surface area contributed by atoms with Gasteiger partial charge in [0.1, 0.15) is 0 Å². The molecule has 0 aliphatic rings. The first-order chi connectivity index (χ1) is 8.35. The lowest BCUT2D eigenvalue weighted by molar-refractivity contribution is 0.103. The highest BCUT2D eigenvalue weighted by atomic mass is 16.3. The molecular weight excluding hydrogens is 210 g/mol. The molecule has 0 unspecified atom stereocenters. The van der Waals surface area contributed by atoms with E-state index in [-0.39, 0.29) is 6.73 Å². The van der Waals surface area contributed by atoms with E-state index in [1.165, 1.54) is 64.2 Å². The third-order valence-electron chi connectivity index (χ3n) is 3.36. The second-order valence-electron chi connectivity index (χ2n) is 5.09. The van der Waals surface area contributed by atoms with Crippen LogP contribution < -0.4 is 0 Å². The molecule has 0 saturated heterocycles. The standard InChI is InChI=1S/C15H33NO/c1-3-5-7-9-11-13-16(15-17)14-12-10-8-6-4-2/h17H,3-15H2,1-2H3. The fourth-order valence-electron chi connectivity index (χ4n) is 2.13. The Hall–Kier alpha value is -0.0800. The van der Waals surface area contributed by atoms with E-state index < -0.39 is 0 Å². The van der Waals surface area contributed by atoms with Crippen molar-refractivity contribution in [3.63, 3.8) is 0 Å². The SMILES string of the molecule is CCCCCCCN(CO)CCCCCCC. The first-order valence-corrected chi connectivity index (χ1v) is 7.68. The fourth-order valence-corrected chi connectivity index (χ4v) is 2.13. The van der Waals surface area contributed by atoms with Crippen LogP contribution in [0.5, 0.6) is 0 Å².